The van der Waals surface area contributed by atoms with Gasteiger partial charge in [0.15, 0.2) is 0 Å². The van der Waals surface area contributed by atoms with Gasteiger partial charge < -0.3 is 19.7 Å². The molecule has 1 fully saturated rings. The molecule has 0 radical (unpaired) electrons. The SMILES string of the molecule is COCCCOCCN(C)C(=O)C1CCNCC1.Cl. The highest BCUT2D eigenvalue weighted by atomic mass is 35.5. The van der Waals surface area contributed by atoms with Crippen LogP contribution in [0.25, 0.3) is 0 Å². The molecule has 19 heavy (non-hydrogen) atoms. The van der Waals surface area contributed by atoms with E-state index >= 15 is 0 Å². The van der Waals surface area contributed by atoms with Gasteiger partial charge in [0.25, 0.3) is 0 Å². The topological polar surface area (TPSA) is 50.8 Å². The van der Waals surface area contributed by atoms with Gasteiger partial charge in [0.05, 0.1) is 6.61 Å². The van der Waals surface area contributed by atoms with Gasteiger partial charge in [-0.05, 0) is 32.4 Å². The highest BCUT2D eigenvalue weighted by molar-refractivity contribution is 5.85. The molecule has 0 bridgehead atoms. The summed E-state index contributed by atoms with van der Waals surface area (Å²) in [4.78, 5) is 13.9. The average molecular weight is 295 g/mol. The minimum atomic E-state index is 0. The molecule has 1 aliphatic rings. The number of rotatable bonds is 8. The van der Waals surface area contributed by atoms with Crippen LogP contribution in [-0.2, 0) is 14.3 Å². The maximum absolute atomic E-state index is 12.1. The molecule has 0 saturated carbocycles. The third-order valence-electron chi connectivity index (χ3n) is 3.27. The molecule has 0 aromatic rings. The van der Waals surface area contributed by atoms with Crippen molar-refractivity contribution in [2.24, 2.45) is 5.92 Å². The van der Waals surface area contributed by atoms with Gasteiger partial charge in [-0.15, -0.1) is 12.4 Å². The van der Waals surface area contributed by atoms with E-state index in [4.69, 9.17) is 9.47 Å². The Morgan fingerprint density at radius 2 is 1.95 bits per heavy atom. The van der Waals surface area contributed by atoms with E-state index in [0.717, 1.165) is 39.0 Å². The number of hydrogen-bond donors (Lipinski definition) is 1. The van der Waals surface area contributed by atoms with E-state index in [-0.39, 0.29) is 24.2 Å². The van der Waals surface area contributed by atoms with Crippen LogP contribution in [0.1, 0.15) is 19.3 Å². The van der Waals surface area contributed by atoms with Crippen LogP contribution in [0.4, 0.5) is 0 Å². The molecule has 1 amide bonds. The standard InChI is InChI=1S/C13H26N2O3.ClH/c1-15(8-11-18-10-3-9-17-2)13(16)12-4-6-14-7-5-12;/h12,14H,3-11H2,1-2H3;1H. The molecular formula is C13H27ClN2O3. The zero-order valence-electron chi connectivity index (χ0n) is 12.0. The van der Waals surface area contributed by atoms with E-state index in [1.165, 1.54) is 0 Å². The van der Waals surface area contributed by atoms with Crippen molar-refractivity contribution in [2.45, 2.75) is 19.3 Å². The van der Waals surface area contributed by atoms with Gasteiger partial charge >= 0.3 is 0 Å². The van der Waals surface area contributed by atoms with Crippen LogP contribution in [0.5, 0.6) is 0 Å². The Morgan fingerprint density at radius 1 is 1.26 bits per heavy atom. The summed E-state index contributed by atoms with van der Waals surface area (Å²) in [6, 6.07) is 0. The summed E-state index contributed by atoms with van der Waals surface area (Å²) in [6.45, 7) is 4.62. The third-order valence-corrected chi connectivity index (χ3v) is 3.27. The van der Waals surface area contributed by atoms with Crippen molar-refractivity contribution in [1.29, 1.82) is 0 Å². The summed E-state index contributed by atoms with van der Waals surface area (Å²) in [5.41, 5.74) is 0. The molecule has 0 atom stereocenters. The number of carbonyl (C=O) groups is 1. The van der Waals surface area contributed by atoms with Gasteiger partial charge in [-0.3, -0.25) is 4.79 Å². The minimum Gasteiger partial charge on any atom is -0.385 e. The number of nitrogens with zero attached hydrogens (tertiary/aromatic N) is 1. The molecule has 1 N–H and O–H groups in total. The first-order valence-corrected chi connectivity index (χ1v) is 6.78. The van der Waals surface area contributed by atoms with Crippen LogP contribution in [0.2, 0.25) is 0 Å². The predicted molar refractivity (Wildman–Crippen MR) is 77.8 cm³/mol. The molecule has 0 aromatic heterocycles. The van der Waals surface area contributed by atoms with Crippen molar-refractivity contribution < 1.29 is 14.3 Å². The second-order valence-corrected chi connectivity index (χ2v) is 4.74. The molecule has 1 saturated heterocycles. The smallest absolute Gasteiger partial charge is 0.225 e. The van der Waals surface area contributed by atoms with E-state index in [1.54, 1.807) is 12.0 Å². The van der Waals surface area contributed by atoms with Gasteiger partial charge in [0.1, 0.15) is 0 Å². The summed E-state index contributed by atoms with van der Waals surface area (Å²) < 4.78 is 10.4. The lowest BCUT2D eigenvalue weighted by molar-refractivity contribution is -0.135. The molecule has 0 aliphatic carbocycles. The van der Waals surface area contributed by atoms with Crippen LogP contribution < -0.4 is 5.32 Å². The molecule has 5 nitrogen and oxygen atoms in total. The number of ether oxygens (including phenoxy) is 2. The maximum atomic E-state index is 12.1. The third kappa shape index (κ3) is 7.72. The van der Waals surface area contributed by atoms with Crippen LogP contribution >= 0.6 is 12.4 Å². The Morgan fingerprint density at radius 3 is 2.58 bits per heavy atom. The van der Waals surface area contributed by atoms with Gasteiger partial charge in [-0.25, -0.2) is 0 Å². The molecule has 114 valence electrons. The zero-order chi connectivity index (χ0) is 13.2. The number of nitrogens with one attached hydrogen (secondary N) is 1. The monoisotopic (exact) mass is 294 g/mol. The van der Waals surface area contributed by atoms with Crippen molar-refractivity contribution >= 4 is 18.3 Å². The lowest BCUT2D eigenvalue weighted by Gasteiger charge is -2.26. The minimum absolute atomic E-state index is 0. The van der Waals surface area contributed by atoms with Crippen LogP contribution in [0.3, 0.4) is 0 Å². The second kappa shape index (κ2) is 11.5. The highest BCUT2D eigenvalue weighted by Crippen LogP contribution is 2.14. The fourth-order valence-corrected chi connectivity index (χ4v) is 2.10. The molecular weight excluding hydrogens is 268 g/mol. The van der Waals surface area contributed by atoms with E-state index in [9.17, 15) is 4.79 Å². The number of methoxy groups -OCH3 is 1. The average Bonchev–Trinajstić information content (AvgIpc) is 2.42. The van der Waals surface area contributed by atoms with E-state index in [0.29, 0.717) is 19.8 Å². The fraction of sp³-hybridized carbons (Fsp3) is 0.923. The summed E-state index contributed by atoms with van der Waals surface area (Å²) in [5.74, 6) is 0.460. The first-order valence-electron chi connectivity index (χ1n) is 6.78. The molecule has 0 aromatic carbocycles. The summed E-state index contributed by atoms with van der Waals surface area (Å²) in [7, 11) is 3.55. The molecule has 1 aliphatic heterocycles. The van der Waals surface area contributed by atoms with Crippen LogP contribution in [0.15, 0.2) is 0 Å². The summed E-state index contributed by atoms with van der Waals surface area (Å²) in [5, 5.41) is 3.27. The summed E-state index contributed by atoms with van der Waals surface area (Å²) in [6.07, 6.45) is 2.82. The van der Waals surface area contributed by atoms with Crippen LogP contribution in [0, 0.1) is 5.92 Å². The quantitative estimate of drug-likeness (QED) is 0.677. The van der Waals surface area contributed by atoms with Crippen molar-refractivity contribution in [2.75, 3.05) is 53.6 Å². The predicted octanol–water partition coefficient (Wildman–Crippen LogP) is 0.919. The Labute approximate surface area is 122 Å². The molecule has 0 unspecified atom stereocenters. The first-order chi connectivity index (χ1) is 8.75. The zero-order valence-corrected chi connectivity index (χ0v) is 12.8. The van der Waals surface area contributed by atoms with Gasteiger partial charge in [-0.1, -0.05) is 0 Å². The molecule has 0 spiro atoms. The van der Waals surface area contributed by atoms with Crippen molar-refractivity contribution in [3.63, 3.8) is 0 Å². The van der Waals surface area contributed by atoms with Crippen molar-refractivity contribution in [3.05, 3.63) is 0 Å². The van der Waals surface area contributed by atoms with E-state index in [1.807, 2.05) is 7.05 Å². The van der Waals surface area contributed by atoms with Gasteiger partial charge in [0.2, 0.25) is 5.91 Å². The highest BCUT2D eigenvalue weighted by Gasteiger charge is 2.23. The largest absolute Gasteiger partial charge is 0.385 e. The number of amides is 1. The first kappa shape index (κ1) is 18.6. The fourth-order valence-electron chi connectivity index (χ4n) is 2.10. The second-order valence-electron chi connectivity index (χ2n) is 4.74. The van der Waals surface area contributed by atoms with E-state index in [2.05, 4.69) is 5.32 Å². The normalized spacial score (nSPS) is 15.9. The van der Waals surface area contributed by atoms with E-state index < -0.39 is 0 Å². The summed E-state index contributed by atoms with van der Waals surface area (Å²) >= 11 is 0. The van der Waals surface area contributed by atoms with Gasteiger partial charge in [0, 0.05) is 39.8 Å². The Balaban J connectivity index is 0.00000324. The Bertz CT molecular complexity index is 236. The number of hydrogen-bond acceptors (Lipinski definition) is 4. The molecule has 1 rings (SSSR count). The number of likely N-dealkylation sites (N-methyl/N-ethyl adjacent to an activating group) is 1. The van der Waals surface area contributed by atoms with Crippen molar-refractivity contribution in [1.82, 2.24) is 10.2 Å². The molecule has 6 heteroatoms. The van der Waals surface area contributed by atoms with Crippen LogP contribution in [-0.4, -0.2) is 64.4 Å². The van der Waals surface area contributed by atoms with Crippen molar-refractivity contribution in [3.8, 4) is 0 Å². The Kier molecular flexibility index (Phi) is 11.2. The lowest BCUT2D eigenvalue weighted by atomic mass is 9.97. The Hall–Kier alpha value is -0.360. The lowest BCUT2D eigenvalue weighted by Crippen LogP contribution is -2.40. The van der Waals surface area contributed by atoms with Gasteiger partial charge in [-0.2, -0.15) is 0 Å². The number of carbonyl (C=O) groups excluding carboxylic acids is 1. The molecule has 1 heterocycles. The number of halogens is 1. The maximum Gasteiger partial charge on any atom is 0.225 e. The number of piperidine rings is 1.